The number of carbonyl (C=O) groups is 3. The number of amides is 2. The molecule has 0 heterocycles. The van der Waals surface area contributed by atoms with Gasteiger partial charge in [-0.3, -0.25) is 9.59 Å². The first-order valence-corrected chi connectivity index (χ1v) is 12.2. The lowest BCUT2D eigenvalue weighted by molar-refractivity contribution is -0.0399. The Kier molecular flexibility index (Phi) is 9.87. The van der Waals surface area contributed by atoms with Crippen LogP contribution in [0.2, 0.25) is 0 Å². The minimum absolute atomic E-state index is 0.182. The van der Waals surface area contributed by atoms with Gasteiger partial charge in [-0.2, -0.15) is 0 Å². The summed E-state index contributed by atoms with van der Waals surface area (Å²) >= 11 is 0. The van der Waals surface area contributed by atoms with Gasteiger partial charge < -0.3 is 9.47 Å². The second kappa shape index (κ2) is 12.4. The van der Waals surface area contributed by atoms with Crippen LogP contribution in [0.4, 0.5) is 4.79 Å². The van der Waals surface area contributed by atoms with E-state index in [1.54, 1.807) is 25.1 Å². The van der Waals surface area contributed by atoms with E-state index in [1.807, 2.05) is 58.9 Å². The molecule has 190 valence electrons. The zero-order valence-electron chi connectivity index (χ0n) is 22.0. The second-order valence-corrected chi connectivity index (χ2v) is 9.47. The molecule has 7 nitrogen and oxygen atoms in total. The normalized spacial score (nSPS) is 12.0. The van der Waals surface area contributed by atoms with Crippen molar-refractivity contribution in [2.45, 2.75) is 67.3 Å². The molecule has 2 aromatic rings. The molecule has 0 aliphatic carbocycles. The topological polar surface area (TPSA) is 76.2 Å². The van der Waals surface area contributed by atoms with Gasteiger partial charge in [-0.1, -0.05) is 52.3 Å². The molecule has 0 aliphatic rings. The summed E-state index contributed by atoms with van der Waals surface area (Å²) in [4.78, 5) is 39.2. The highest BCUT2D eigenvalue weighted by Gasteiger charge is 2.36. The van der Waals surface area contributed by atoms with Gasteiger partial charge in [-0.25, -0.2) is 14.8 Å². The van der Waals surface area contributed by atoms with Gasteiger partial charge in [0.1, 0.15) is 5.75 Å². The molecule has 0 aromatic heterocycles. The van der Waals surface area contributed by atoms with Crippen molar-refractivity contribution in [2.24, 2.45) is 5.41 Å². The first-order chi connectivity index (χ1) is 16.5. The van der Waals surface area contributed by atoms with Crippen LogP contribution in [0.25, 0.3) is 0 Å². The molecule has 2 rings (SSSR count). The maximum atomic E-state index is 13.8. The van der Waals surface area contributed by atoms with E-state index in [-0.39, 0.29) is 35.6 Å². The molecule has 1 unspecified atom stereocenters. The fraction of sp³-hybridized carbons (Fsp3) is 0.464. The Morgan fingerprint density at radius 3 is 2.11 bits per heavy atom. The summed E-state index contributed by atoms with van der Waals surface area (Å²) in [5, 5.41) is 3.01. The van der Waals surface area contributed by atoms with Crippen LogP contribution in [0.1, 0.15) is 81.2 Å². The van der Waals surface area contributed by atoms with Crippen molar-refractivity contribution < 1.29 is 23.9 Å². The third-order valence-corrected chi connectivity index (χ3v) is 5.91. The van der Waals surface area contributed by atoms with Gasteiger partial charge in [-0.05, 0) is 68.5 Å². The summed E-state index contributed by atoms with van der Waals surface area (Å²) in [7, 11) is 0. The van der Waals surface area contributed by atoms with Crippen LogP contribution < -0.4 is 4.74 Å². The van der Waals surface area contributed by atoms with Crippen LogP contribution in [0.15, 0.2) is 48.5 Å². The van der Waals surface area contributed by atoms with Gasteiger partial charge >= 0.3 is 6.16 Å². The SMILES string of the molecule is CCCc1ccc(C(=O)N(CC)N(C(=O)c2cccc(OC(=O)OCC)c2)C(C)C(C)(C)C)cc1. The van der Waals surface area contributed by atoms with Gasteiger partial charge in [0.25, 0.3) is 11.8 Å². The van der Waals surface area contributed by atoms with Crippen molar-refractivity contribution >= 4 is 18.0 Å². The van der Waals surface area contributed by atoms with Crippen molar-refractivity contribution in [3.05, 3.63) is 65.2 Å². The molecule has 0 aliphatic heterocycles. The molecule has 0 saturated heterocycles. The third-order valence-electron chi connectivity index (χ3n) is 5.91. The average Bonchev–Trinajstić information content (AvgIpc) is 2.81. The number of carbonyl (C=O) groups excluding carboxylic acids is 3. The quantitative estimate of drug-likeness (QED) is 0.257. The lowest BCUT2D eigenvalue weighted by Crippen LogP contribution is -2.57. The van der Waals surface area contributed by atoms with E-state index in [1.165, 1.54) is 21.6 Å². The molecule has 0 radical (unpaired) electrons. The van der Waals surface area contributed by atoms with Gasteiger partial charge in [0.2, 0.25) is 0 Å². The number of hydrazine groups is 1. The zero-order chi connectivity index (χ0) is 26.2. The molecular formula is C28H38N2O5. The Balaban J connectivity index is 2.44. The Morgan fingerprint density at radius 2 is 1.57 bits per heavy atom. The Morgan fingerprint density at radius 1 is 0.914 bits per heavy atom. The number of nitrogens with zero attached hydrogens (tertiary/aromatic N) is 2. The molecule has 0 saturated carbocycles. The minimum Gasteiger partial charge on any atom is -0.434 e. The monoisotopic (exact) mass is 482 g/mol. The van der Waals surface area contributed by atoms with E-state index < -0.39 is 6.16 Å². The maximum absolute atomic E-state index is 13.8. The van der Waals surface area contributed by atoms with Crippen molar-refractivity contribution in [1.82, 2.24) is 10.0 Å². The Bertz CT molecular complexity index is 1010. The molecule has 1 atom stereocenters. The molecule has 0 N–H and O–H groups in total. The van der Waals surface area contributed by atoms with Gasteiger partial charge in [0.15, 0.2) is 0 Å². The van der Waals surface area contributed by atoms with Gasteiger partial charge in [-0.15, -0.1) is 0 Å². The highest BCUT2D eigenvalue weighted by molar-refractivity contribution is 5.99. The van der Waals surface area contributed by atoms with Crippen LogP contribution in [-0.2, 0) is 11.2 Å². The summed E-state index contributed by atoms with van der Waals surface area (Å²) in [6.07, 6.45) is 1.13. The average molecular weight is 483 g/mol. The van der Waals surface area contributed by atoms with Crippen molar-refractivity contribution in [2.75, 3.05) is 13.2 Å². The summed E-state index contributed by atoms with van der Waals surface area (Å²) in [5.41, 5.74) is 1.67. The largest absolute Gasteiger partial charge is 0.513 e. The number of benzene rings is 2. The number of rotatable bonds is 8. The predicted octanol–water partition coefficient (Wildman–Crippen LogP) is 6.13. The standard InChI is InChI=1S/C28H38N2O5/c1-8-12-21-15-17-22(18-16-21)25(31)29(9-2)30(20(4)28(5,6)7)26(32)23-13-11-14-24(19-23)35-27(33)34-10-3/h11,13-20H,8-10,12H2,1-7H3. The number of aryl methyl sites for hydroxylation is 1. The molecule has 0 fully saturated rings. The van der Waals surface area contributed by atoms with Crippen LogP contribution in [0, 0.1) is 5.41 Å². The first-order valence-electron chi connectivity index (χ1n) is 12.2. The number of hydrogen-bond donors (Lipinski definition) is 0. The number of ether oxygens (including phenoxy) is 2. The summed E-state index contributed by atoms with van der Waals surface area (Å²) in [5.74, 6) is -0.419. The zero-order valence-corrected chi connectivity index (χ0v) is 22.0. The summed E-state index contributed by atoms with van der Waals surface area (Å²) in [6.45, 7) is 14.1. The smallest absolute Gasteiger partial charge is 0.434 e. The fourth-order valence-corrected chi connectivity index (χ4v) is 3.58. The van der Waals surface area contributed by atoms with Gasteiger partial charge in [0.05, 0.1) is 12.6 Å². The second-order valence-electron chi connectivity index (χ2n) is 9.47. The van der Waals surface area contributed by atoms with Crippen molar-refractivity contribution in [3.63, 3.8) is 0 Å². The molecule has 0 bridgehead atoms. The predicted molar refractivity (Wildman–Crippen MR) is 136 cm³/mol. The third kappa shape index (κ3) is 7.31. The Labute approximate surface area is 209 Å². The lowest BCUT2D eigenvalue weighted by Gasteiger charge is -2.43. The maximum Gasteiger partial charge on any atom is 0.513 e. The van der Waals surface area contributed by atoms with E-state index in [2.05, 4.69) is 6.92 Å². The van der Waals surface area contributed by atoms with Crippen LogP contribution in [-0.4, -0.2) is 47.2 Å². The van der Waals surface area contributed by atoms with Crippen LogP contribution in [0.3, 0.4) is 0 Å². The fourth-order valence-electron chi connectivity index (χ4n) is 3.58. The highest BCUT2D eigenvalue weighted by atomic mass is 16.7. The molecule has 2 aromatic carbocycles. The Hall–Kier alpha value is -3.35. The molecular weight excluding hydrogens is 444 g/mol. The van der Waals surface area contributed by atoms with Gasteiger partial charge in [0, 0.05) is 17.7 Å². The van der Waals surface area contributed by atoms with Crippen molar-refractivity contribution in [1.29, 1.82) is 0 Å². The van der Waals surface area contributed by atoms with E-state index in [0.717, 1.165) is 12.8 Å². The van der Waals surface area contributed by atoms with Crippen molar-refractivity contribution in [3.8, 4) is 5.75 Å². The molecule has 7 heteroatoms. The van der Waals surface area contributed by atoms with E-state index in [4.69, 9.17) is 9.47 Å². The summed E-state index contributed by atoms with van der Waals surface area (Å²) < 4.78 is 10.0. The lowest BCUT2D eigenvalue weighted by atomic mass is 9.87. The first kappa shape index (κ1) is 27.9. The van der Waals surface area contributed by atoms with E-state index in [9.17, 15) is 14.4 Å². The summed E-state index contributed by atoms with van der Waals surface area (Å²) in [6, 6.07) is 13.6. The molecule has 2 amide bonds. The number of hydrogen-bond acceptors (Lipinski definition) is 5. The minimum atomic E-state index is -0.839. The highest BCUT2D eigenvalue weighted by Crippen LogP contribution is 2.28. The molecule has 35 heavy (non-hydrogen) atoms. The molecule has 0 spiro atoms. The van der Waals surface area contributed by atoms with E-state index >= 15 is 0 Å². The van der Waals surface area contributed by atoms with E-state index in [0.29, 0.717) is 17.7 Å². The van der Waals surface area contributed by atoms with Crippen LogP contribution in [0.5, 0.6) is 5.75 Å². The van der Waals surface area contributed by atoms with Crippen LogP contribution >= 0.6 is 0 Å².